The third-order valence-corrected chi connectivity index (χ3v) is 8.84. The molecule has 8 heteroatoms. The molecular formula is C26H23BrFN5S. The average Bonchev–Trinajstić information content (AvgIpc) is 3.11. The van der Waals surface area contributed by atoms with Gasteiger partial charge in [0.05, 0.1) is 22.4 Å². The fourth-order valence-electron chi connectivity index (χ4n) is 5.33. The molecule has 0 radical (unpaired) electrons. The first-order valence-corrected chi connectivity index (χ1v) is 13.0. The third kappa shape index (κ3) is 3.78. The topological polar surface area (TPSA) is 67.9 Å². The molecule has 2 N–H and O–H groups in total. The number of piperidine rings is 1. The molecule has 1 aliphatic heterocycles. The fourth-order valence-corrected chi connectivity index (χ4v) is 6.54. The molecule has 0 amide bonds. The van der Waals surface area contributed by atoms with Gasteiger partial charge in [0.15, 0.2) is 0 Å². The lowest BCUT2D eigenvalue weighted by molar-refractivity contribution is 0.187. The van der Waals surface area contributed by atoms with Crippen LogP contribution in [0.1, 0.15) is 30.0 Å². The maximum absolute atomic E-state index is 14.1. The predicted octanol–water partition coefficient (Wildman–Crippen LogP) is 5.92. The summed E-state index contributed by atoms with van der Waals surface area (Å²) in [5.74, 6) is 0.671. The Morgan fingerprint density at radius 2 is 1.88 bits per heavy atom. The van der Waals surface area contributed by atoms with Crippen molar-refractivity contribution in [2.24, 2.45) is 11.1 Å². The summed E-state index contributed by atoms with van der Waals surface area (Å²) in [6.07, 6.45) is 8.26. The first-order valence-electron chi connectivity index (χ1n) is 11.3. The molecule has 1 saturated heterocycles. The van der Waals surface area contributed by atoms with E-state index in [1.165, 1.54) is 0 Å². The molecule has 5 nitrogen and oxygen atoms in total. The summed E-state index contributed by atoms with van der Waals surface area (Å²) in [5, 5.41) is 1.97. The zero-order valence-electron chi connectivity index (χ0n) is 18.4. The Kier molecular flexibility index (Phi) is 5.54. The number of halogens is 2. The van der Waals surface area contributed by atoms with Gasteiger partial charge in [-0.2, -0.15) is 0 Å². The summed E-state index contributed by atoms with van der Waals surface area (Å²) in [6, 6.07) is 13.6. The summed E-state index contributed by atoms with van der Waals surface area (Å²) in [7, 11) is 0. The predicted molar refractivity (Wildman–Crippen MR) is 137 cm³/mol. The van der Waals surface area contributed by atoms with Crippen molar-refractivity contribution < 1.29 is 4.39 Å². The van der Waals surface area contributed by atoms with Gasteiger partial charge in [0.25, 0.3) is 0 Å². The van der Waals surface area contributed by atoms with Gasteiger partial charge >= 0.3 is 0 Å². The van der Waals surface area contributed by atoms with Crippen LogP contribution in [0.25, 0.3) is 10.9 Å². The molecular weight excluding hydrogens is 513 g/mol. The molecule has 1 atom stereocenters. The van der Waals surface area contributed by atoms with E-state index in [0.29, 0.717) is 4.47 Å². The standard InChI is InChI=1S/C26H23BrFN5S/c27-19-12-18-16(11-20(19)28)13-26(25(18)29)6-9-33(10-7-26)23-14-32-24(15-31-23)34-22-5-8-30-21-4-2-1-3-17(21)22/h1-5,8,11-12,14-15,25H,6-7,9-10,13,29H2/t25-/m1/s1. The molecule has 1 aliphatic carbocycles. The van der Waals surface area contributed by atoms with Gasteiger partial charge in [-0.05, 0) is 76.0 Å². The van der Waals surface area contributed by atoms with Gasteiger partial charge in [0.2, 0.25) is 0 Å². The van der Waals surface area contributed by atoms with Crippen LogP contribution < -0.4 is 10.6 Å². The van der Waals surface area contributed by atoms with Gasteiger partial charge in [0.1, 0.15) is 16.7 Å². The molecule has 34 heavy (non-hydrogen) atoms. The quantitative estimate of drug-likeness (QED) is 0.351. The van der Waals surface area contributed by atoms with Crippen LogP contribution in [0.15, 0.2) is 75.4 Å². The van der Waals surface area contributed by atoms with Crippen LogP contribution in [-0.2, 0) is 6.42 Å². The molecule has 2 aromatic heterocycles. The van der Waals surface area contributed by atoms with Crippen molar-refractivity contribution in [3.05, 3.63) is 82.5 Å². The molecule has 0 bridgehead atoms. The zero-order chi connectivity index (χ0) is 23.3. The van der Waals surface area contributed by atoms with E-state index >= 15 is 0 Å². The van der Waals surface area contributed by atoms with Gasteiger partial charge in [-0.3, -0.25) is 4.98 Å². The number of hydrogen-bond acceptors (Lipinski definition) is 6. The number of rotatable bonds is 3. The molecule has 3 heterocycles. The van der Waals surface area contributed by atoms with Crippen LogP contribution in [-0.4, -0.2) is 28.0 Å². The monoisotopic (exact) mass is 535 g/mol. The number of nitrogens with zero attached hydrogens (tertiary/aromatic N) is 4. The van der Waals surface area contributed by atoms with E-state index in [0.717, 1.165) is 70.1 Å². The van der Waals surface area contributed by atoms with E-state index in [1.54, 1.807) is 17.8 Å². The molecule has 1 spiro atoms. The van der Waals surface area contributed by atoms with E-state index in [2.05, 4.69) is 36.9 Å². The minimum absolute atomic E-state index is 0.0162. The Morgan fingerprint density at radius 1 is 1.06 bits per heavy atom. The van der Waals surface area contributed by atoms with Gasteiger partial charge in [-0.15, -0.1) is 0 Å². The molecule has 0 unspecified atom stereocenters. The smallest absolute Gasteiger partial charge is 0.147 e. The van der Waals surface area contributed by atoms with Gasteiger partial charge < -0.3 is 10.6 Å². The summed E-state index contributed by atoms with van der Waals surface area (Å²) >= 11 is 4.91. The van der Waals surface area contributed by atoms with Crippen molar-refractivity contribution in [2.45, 2.75) is 35.2 Å². The summed E-state index contributed by atoms with van der Waals surface area (Å²) in [5.41, 5.74) is 9.78. The minimum Gasteiger partial charge on any atom is -0.355 e. The first-order chi connectivity index (χ1) is 16.5. The maximum atomic E-state index is 14.1. The lowest BCUT2D eigenvalue weighted by Crippen LogP contribution is -2.44. The average molecular weight is 536 g/mol. The van der Waals surface area contributed by atoms with Crippen LogP contribution in [0, 0.1) is 11.2 Å². The van der Waals surface area contributed by atoms with Crippen molar-refractivity contribution in [2.75, 3.05) is 18.0 Å². The number of anilines is 1. The lowest BCUT2D eigenvalue weighted by atomic mass is 9.73. The molecule has 172 valence electrons. The molecule has 2 aliphatic rings. The van der Waals surface area contributed by atoms with Crippen molar-refractivity contribution in [1.82, 2.24) is 15.0 Å². The summed E-state index contributed by atoms with van der Waals surface area (Å²) < 4.78 is 14.6. The highest BCUT2D eigenvalue weighted by Gasteiger charge is 2.46. The lowest BCUT2D eigenvalue weighted by Gasteiger charge is -2.42. The van der Waals surface area contributed by atoms with Gasteiger partial charge in [-0.25, -0.2) is 14.4 Å². The van der Waals surface area contributed by atoms with E-state index < -0.39 is 0 Å². The van der Waals surface area contributed by atoms with Crippen molar-refractivity contribution in [1.29, 1.82) is 0 Å². The largest absolute Gasteiger partial charge is 0.355 e. The van der Waals surface area contributed by atoms with Crippen LogP contribution in [0.2, 0.25) is 0 Å². The normalized spacial score (nSPS) is 19.0. The zero-order valence-corrected chi connectivity index (χ0v) is 20.8. The van der Waals surface area contributed by atoms with Crippen molar-refractivity contribution >= 4 is 44.4 Å². The van der Waals surface area contributed by atoms with Gasteiger partial charge in [0, 0.05) is 35.6 Å². The number of aromatic nitrogens is 3. The van der Waals surface area contributed by atoms with Crippen molar-refractivity contribution in [3.63, 3.8) is 0 Å². The van der Waals surface area contributed by atoms with E-state index in [4.69, 9.17) is 10.7 Å². The molecule has 2 aromatic carbocycles. The van der Waals surface area contributed by atoms with Gasteiger partial charge in [-0.1, -0.05) is 30.0 Å². The fraction of sp³-hybridized carbons (Fsp3) is 0.269. The van der Waals surface area contributed by atoms with E-state index in [9.17, 15) is 4.39 Å². The Labute approximate surface area is 210 Å². The van der Waals surface area contributed by atoms with Crippen LogP contribution in [0.4, 0.5) is 10.2 Å². The van der Waals surface area contributed by atoms with Crippen LogP contribution in [0.5, 0.6) is 0 Å². The second-order valence-electron chi connectivity index (χ2n) is 9.11. The van der Waals surface area contributed by atoms with E-state index in [1.807, 2.05) is 48.9 Å². The highest BCUT2D eigenvalue weighted by molar-refractivity contribution is 9.10. The summed E-state index contributed by atoms with van der Waals surface area (Å²) in [6.45, 7) is 1.73. The number of nitrogens with two attached hydrogens (primary N) is 1. The number of fused-ring (bicyclic) bond motifs is 2. The van der Waals surface area contributed by atoms with E-state index in [-0.39, 0.29) is 17.3 Å². The molecule has 0 saturated carbocycles. The highest BCUT2D eigenvalue weighted by atomic mass is 79.9. The molecule has 4 aromatic rings. The SMILES string of the molecule is N[C@@H]1c2cc(Br)c(F)cc2CC12CCN(c1cnc(Sc3ccnc4ccccc34)cn1)CC2. The minimum atomic E-state index is -0.214. The molecule has 1 fully saturated rings. The Morgan fingerprint density at radius 3 is 2.68 bits per heavy atom. The van der Waals surface area contributed by atoms with Crippen LogP contribution >= 0.6 is 27.7 Å². The Bertz CT molecular complexity index is 1370. The third-order valence-electron chi connectivity index (χ3n) is 7.24. The second-order valence-corrected chi connectivity index (χ2v) is 11.0. The highest BCUT2D eigenvalue weighted by Crippen LogP contribution is 2.51. The summed E-state index contributed by atoms with van der Waals surface area (Å²) in [4.78, 5) is 17.2. The number of benzene rings is 2. The second kappa shape index (κ2) is 8.59. The Balaban J connectivity index is 1.15. The van der Waals surface area contributed by atoms with Crippen molar-refractivity contribution in [3.8, 4) is 0 Å². The molecule has 6 rings (SSSR count). The maximum Gasteiger partial charge on any atom is 0.147 e. The number of para-hydroxylation sites is 1. The van der Waals surface area contributed by atoms with Crippen LogP contribution in [0.3, 0.4) is 0 Å². The number of hydrogen-bond donors (Lipinski definition) is 1. The Hall–Kier alpha value is -2.55. The number of pyridine rings is 1. The first kappa shape index (κ1) is 21.9.